The fourth-order valence-electron chi connectivity index (χ4n) is 3.46. The maximum Gasteiger partial charge on any atom is 0.162 e. The number of pyridine rings is 2. The van der Waals surface area contributed by atoms with Crippen LogP contribution in [0.1, 0.15) is 16.7 Å². The molecule has 0 aliphatic heterocycles. The zero-order valence-corrected chi connectivity index (χ0v) is 14.8. The normalized spacial score (nSPS) is 12.3. The zero-order chi connectivity index (χ0) is 18.2. The monoisotopic (exact) mass is 351 g/mol. The molecule has 5 heteroatoms. The number of fused-ring (bicyclic) bond motifs is 2. The Hall–Kier alpha value is -3.60. The van der Waals surface area contributed by atoms with Gasteiger partial charge >= 0.3 is 0 Å². The summed E-state index contributed by atoms with van der Waals surface area (Å²) in [5, 5.41) is 4.41. The number of anilines is 2. The third kappa shape index (κ3) is 2.73. The van der Waals surface area contributed by atoms with Gasteiger partial charge in [-0.1, -0.05) is 18.2 Å². The van der Waals surface area contributed by atoms with Crippen LogP contribution in [0.5, 0.6) is 0 Å². The minimum absolute atomic E-state index is 0.664. The van der Waals surface area contributed by atoms with Gasteiger partial charge in [-0.25, -0.2) is 9.97 Å². The van der Waals surface area contributed by atoms with E-state index in [1.165, 1.54) is 16.7 Å². The quantitative estimate of drug-likeness (QED) is 0.579. The maximum absolute atomic E-state index is 4.79. The van der Waals surface area contributed by atoms with Gasteiger partial charge < -0.3 is 5.32 Å². The summed E-state index contributed by atoms with van der Waals surface area (Å²) in [5.74, 6) is 1.42. The highest BCUT2D eigenvalue weighted by molar-refractivity contribution is 5.92. The minimum atomic E-state index is 0.664. The van der Waals surface area contributed by atoms with E-state index in [1.807, 2.05) is 18.2 Å². The van der Waals surface area contributed by atoms with E-state index >= 15 is 0 Å². The van der Waals surface area contributed by atoms with Crippen LogP contribution in [0.3, 0.4) is 0 Å². The fraction of sp³-hybridized carbons (Fsp3) is 0.0909. The van der Waals surface area contributed by atoms with E-state index in [0.717, 1.165) is 34.4 Å². The predicted octanol–water partition coefficient (Wildman–Crippen LogP) is 4.71. The highest BCUT2D eigenvalue weighted by atomic mass is 15.0. The van der Waals surface area contributed by atoms with Gasteiger partial charge in [0.15, 0.2) is 5.82 Å². The smallest absolute Gasteiger partial charge is 0.162 e. The van der Waals surface area contributed by atoms with Crippen LogP contribution >= 0.6 is 0 Å². The molecule has 1 aromatic carbocycles. The highest BCUT2D eigenvalue weighted by Crippen LogP contribution is 2.32. The van der Waals surface area contributed by atoms with Crippen LogP contribution in [0.25, 0.3) is 28.4 Å². The third-order valence-corrected chi connectivity index (χ3v) is 4.92. The molecule has 0 amide bonds. The number of benzene rings is 1. The van der Waals surface area contributed by atoms with Gasteiger partial charge in [0.1, 0.15) is 5.82 Å². The molecule has 0 fully saturated rings. The Morgan fingerprint density at radius 2 is 1.78 bits per heavy atom. The van der Waals surface area contributed by atoms with Crippen molar-refractivity contribution in [3.63, 3.8) is 0 Å². The molecule has 0 unspecified atom stereocenters. The van der Waals surface area contributed by atoms with Crippen LogP contribution in [0.2, 0.25) is 0 Å². The Bertz CT molecular complexity index is 1180. The Kier molecular flexibility index (Phi) is 3.64. The molecule has 130 valence electrons. The molecule has 0 saturated carbocycles. The third-order valence-electron chi connectivity index (χ3n) is 4.92. The van der Waals surface area contributed by atoms with Gasteiger partial charge in [-0.15, -0.1) is 0 Å². The number of hydrogen-bond acceptors (Lipinski definition) is 5. The van der Waals surface area contributed by atoms with Crippen molar-refractivity contribution in [2.24, 2.45) is 0 Å². The zero-order valence-electron chi connectivity index (χ0n) is 14.8. The summed E-state index contributed by atoms with van der Waals surface area (Å²) in [6, 6.07) is 10.0. The first-order valence-corrected chi connectivity index (χ1v) is 8.88. The second kappa shape index (κ2) is 6.29. The van der Waals surface area contributed by atoms with Crippen molar-refractivity contribution in [1.29, 1.82) is 0 Å². The van der Waals surface area contributed by atoms with Gasteiger partial charge in [0.2, 0.25) is 0 Å². The summed E-state index contributed by atoms with van der Waals surface area (Å²) in [4.78, 5) is 17.8. The van der Waals surface area contributed by atoms with Crippen LogP contribution in [-0.2, 0) is 6.42 Å². The highest BCUT2D eigenvalue weighted by Gasteiger charge is 2.14. The van der Waals surface area contributed by atoms with E-state index in [4.69, 9.17) is 9.97 Å². The molecule has 1 N–H and O–H groups in total. The molecule has 4 aromatic rings. The molecule has 5 nitrogen and oxygen atoms in total. The van der Waals surface area contributed by atoms with E-state index < -0.39 is 0 Å². The number of aromatic nitrogens is 4. The van der Waals surface area contributed by atoms with E-state index in [0.29, 0.717) is 5.82 Å². The molecule has 3 heterocycles. The lowest BCUT2D eigenvalue weighted by Crippen LogP contribution is -2.02. The molecule has 0 atom stereocenters. The Balaban J connectivity index is 1.66. The van der Waals surface area contributed by atoms with Gasteiger partial charge in [0, 0.05) is 36.0 Å². The number of nitrogens with zero attached hydrogens (tertiary/aromatic N) is 4. The van der Waals surface area contributed by atoms with Gasteiger partial charge in [0.05, 0.1) is 10.9 Å². The molecule has 1 aliphatic carbocycles. The SMILES string of the molecule is Cc1c(Nc2nc(-c3ccncc3)nc3ccncc23)ccc2c1C=CC2. The van der Waals surface area contributed by atoms with Crippen LogP contribution in [0.4, 0.5) is 11.5 Å². The number of nitrogens with one attached hydrogen (secondary N) is 1. The maximum atomic E-state index is 4.79. The second-order valence-electron chi connectivity index (χ2n) is 6.57. The van der Waals surface area contributed by atoms with Gasteiger partial charge in [0.25, 0.3) is 0 Å². The molecule has 0 spiro atoms. The summed E-state index contributed by atoms with van der Waals surface area (Å²) in [7, 11) is 0. The lowest BCUT2D eigenvalue weighted by Gasteiger charge is -2.14. The molecule has 1 aliphatic rings. The molecule has 27 heavy (non-hydrogen) atoms. The second-order valence-corrected chi connectivity index (χ2v) is 6.57. The average Bonchev–Trinajstić information content (AvgIpc) is 3.20. The van der Waals surface area contributed by atoms with Crippen LogP contribution < -0.4 is 5.32 Å². The van der Waals surface area contributed by atoms with Gasteiger partial charge in [-0.3, -0.25) is 9.97 Å². The predicted molar refractivity (Wildman–Crippen MR) is 108 cm³/mol. The molecule has 0 saturated heterocycles. The summed E-state index contributed by atoms with van der Waals surface area (Å²) >= 11 is 0. The molecule has 5 rings (SSSR count). The number of hydrogen-bond donors (Lipinski definition) is 1. The van der Waals surface area contributed by atoms with E-state index in [1.54, 1.807) is 24.8 Å². The first-order valence-electron chi connectivity index (χ1n) is 8.88. The first kappa shape index (κ1) is 15.6. The fourth-order valence-corrected chi connectivity index (χ4v) is 3.46. The van der Waals surface area contributed by atoms with E-state index in [9.17, 15) is 0 Å². The lowest BCUT2D eigenvalue weighted by molar-refractivity contribution is 1.19. The van der Waals surface area contributed by atoms with Crippen molar-refractivity contribution >= 4 is 28.5 Å². The van der Waals surface area contributed by atoms with Crippen molar-refractivity contribution in [2.75, 3.05) is 5.32 Å². The standard InChI is InChI=1S/C22H17N5/c1-14-17-4-2-3-15(17)5-6-19(14)25-22-18-13-24-12-9-20(18)26-21(27-22)16-7-10-23-11-8-16/h2,4-13H,3H2,1H3,(H,25,26,27). The lowest BCUT2D eigenvalue weighted by atomic mass is 10.0. The number of rotatable bonds is 3. The average molecular weight is 351 g/mol. The minimum Gasteiger partial charge on any atom is -0.339 e. The summed E-state index contributed by atoms with van der Waals surface area (Å²) in [6.07, 6.45) is 12.4. The summed E-state index contributed by atoms with van der Waals surface area (Å²) in [5.41, 5.74) is 6.72. The summed E-state index contributed by atoms with van der Waals surface area (Å²) in [6.45, 7) is 2.14. The van der Waals surface area contributed by atoms with Gasteiger partial charge in [-0.2, -0.15) is 0 Å². The van der Waals surface area contributed by atoms with E-state index in [-0.39, 0.29) is 0 Å². The van der Waals surface area contributed by atoms with Crippen molar-refractivity contribution in [3.8, 4) is 11.4 Å². The van der Waals surface area contributed by atoms with Crippen LogP contribution in [0.15, 0.2) is 61.2 Å². The van der Waals surface area contributed by atoms with Crippen LogP contribution in [-0.4, -0.2) is 19.9 Å². The van der Waals surface area contributed by atoms with Gasteiger partial charge in [-0.05, 0) is 54.3 Å². The molecule has 0 radical (unpaired) electrons. The topological polar surface area (TPSA) is 63.6 Å². The van der Waals surface area contributed by atoms with Crippen molar-refractivity contribution in [1.82, 2.24) is 19.9 Å². The number of allylic oxidation sites excluding steroid dienone is 1. The van der Waals surface area contributed by atoms with Crippen molar-refractivity contribution in [3.05, 3.63) is 77.9 Å². The summed E-state index contributed by atoms with van der Waals surface area (Å²) < 4.78 is 0. The van der Waals surface area contributed by atoms with E-state index in [2.05, 4.69) is 46.5 Å². The largest absolute Gasteiger partial charge is 0.339 e. The first-order chi connectivity index (χ1) is 13.3. The molecule has 0 bridgehead atoms. The molecular formula is C22H17N5. The van der Waals surface area contributed by atoms with Crippen molar-refractivity contribution in [2.45, 2.75) is 13.3 Å². The van der Waals surface area contributed by atoms with Crippen LogP contribution in [0, 0.1) is 6.92 Å². The molecular weight excluding hydrogens is 334 g/mol. The Morgan fingerprint density at radius 1 is 0.926 bits per heavy atom. The van der Waals surface area contributed by atoms with Crippen molar-refractivity contribution < 1.29 is 0 Å². The molecule has 3 aromatic heterocycles. The Morgan fingerprint density at radius 3 is 2.67 bits per heavy atom. The Labute approximate surface area is 156 Å².